The summed E-state index contributed by atoms with van der Waals surface area (Å²) in [4.78, 5) is 49.2. The quantitative estimate of drug-likeness (QED) is 0.519. The highest BCUT2D eigenvalue weighted by Gasteiger charge is 2.50. The van der Waals surface area contributed by atoms with Gasteiger partial charge in [0.2, 0.25) is 11.8 Å². The molecule has 13 heteroatoms. The third-order valence-corrected chi connectivity index (χ3v) is 8.38. The molecule has 2 fully saturated rings. The van der Waals surface area contributed by atoms with Crippen molar-refractivity contribution in [1.29, 1.82) is 0 Å². The Kier molecular flexibility index (Phi) is 8.47. The first-order valence-electron chi connectivity index (χ1n) is 14.6. The lowest BCUT2D eigenvalue weighted by molar-refractivity contribution is -0.139. The first kappa shape index (κ1) is 30.8. The number of methoxy groups -OCH3 is 1. The van der Waals surface area contributed by atoms with Crippen molar-refractivity contribution < 1.29 is 42.1 Å². The van der Waals surface area contributed by atoms with E-state index in [1.165, 1.54) is 12.0 Å². The molecule has 1 saturated carbocycles. The van der Waals surface area contributed by atoms with Gasteiger partial charge in [-0.25, -0.2) is 14.8 Å². The Hall–Kier alpha value is -3.61. The highest BCUT2D eigenvalue weighted by atomic mass is 19.3. The summed E-state index contributed by atoms with van der Waals surface area (Å²) >= 11 is 0. The molecule has 6 atom stereocenters. The number of carbonyl (C=O) groups excluding carboxylic acids is 3. The van der Waals surface area contributed by atoms with E-state index in [1.807, 2.05) is 6.92 Å². The van der Waals surface area contributed by atoms with Crippen LogP contribution in [-0.4, -0.2) is 84.3 Å². The number of nitrogens with zero attached hydrogens (tertiary/aromatic N) is 3. The van der Waals surface area contributed by atoms with Gasteiger partial charge >= 0.3 is 6.09 Å². The van der Waals surface area contributed by atoms with Gasteiger partial charge in [-0.15, -0.1) is 0 Å². The van der Waals surface area contributed by atoms with Gasteiger partial charge in [0.1, 0.15) is 30.3 Å². The summed E-state index contributed by atoms with van der Waals surface area (Å²) in [5.41, 5.74) is -0.873. The van der Waals surface area contributed by atoms with Gasteiger partial charge in [-0.05, 0) is 30.4 Å². The van der Waals surface area contributed by atoms with Crippen LogP contribution in [0.5, 0.6) is 11.6 Å². The van der Waals surface area contributed by atoms with Crippen LogP contribution in [0.2, 0.25) is 0 Å². The minimum Gasteiger partial charge on any atom is -0.497 e. The number of hydrogen-bond acceptors (Lipinski definition) is 9. The zero-order chi connectivity index (χ0) is 31.1. The van der Waals surface area contributed by atoms with E-state index in [9.17, 15) is 14.4 Å². The highest BCUT2D eigenvalue weighted by Crippen LogP contribution is 2.40. The van der Waals surface area contributed by atoms with E-state index >= 15 is 8.78 Å². The van der Waals surface area contributed by atoms with Gasteiger partial charge in [0.05, 0.1) is 43.9 Å². The zero-order valence-electron chi connectivity index (χ0n) is 25.0. The number of benzene rings is 1. The fraction of sp³-hybridized carbons (Fsp3) is 0.633. The zero-order valence-corrected chi connectivity index (χ0v) is 25.0. The second-order valence-corrected chi connectivity index (χ2v) is 12.5. The molecule has 43 heavy (non-hydrogen) atoms. The smallest absolute Gasteiger partial charge is 0.408 e. The molecule has 11 nitrogen and oxygen atoms in total. The molecule has 2 aromatic rings. The Morgan fingerprint density at radius 1 is 1.16 bits per heavy atom. The predicted octanol–water partition coefficient (Wildman–Crippen LogP) is 3.86. The molecule has 2 bridgehead atoms. The minimum absolute atomic E-state index is 0.0826. The first-order chi connectivity index (χ1) is 20.4. The van der Waals surface area contributed by atoms with Gasteiger partial charge in [-0.2, -0.15) is 8.78 Å². The topological polar surface area (TPSA) is 129 Å². The number of alkyl carbamates (subject to hydrolysis) is 1. The third kappa shape index (κ3) is 6.36. The monoisotopic (exact) mass is 604 g/mol. The van der Waals surface area contributed by atoms with Crippen LogP contribution < -0.4 is 14.8 Å². The second kappa shape index (κ2) is 11.8. The fourth-order valence-electron chi connectivity index (χ4n) is 5.75. The van der Waals surface area contributed by atoms with Crippen molar-refractivity contribution in [3.05, 3.63) is 23.9 Å². The Morgan fingerprint density at radius 3 is 2.60 bits per heavy atom. The lowest BCUT2D eigenvalue weighted by Crippen LogP contribution is -2.56. The summed E-state index contributed by atoms with van der Waals surface area (Å²) in [7, 11) is 1.48. The molecule has 1 aliphatic carbocycles. The molecule has 0 radical (unpaired) electrons. The molecule has 1 N–H and O–H groups in total. The summed E-state index contributed by atoms with van der Waals surface area (Å²) < 4.78 is 54.1. The van der Waals surface area contributed by atoms with Crippen LogP contribution in [0.3, 0.4) is 0 Å². The molecule has 2 amide bonds. The lowest BCUT2D eigenvalue weighted by Gasteiger charge is -2.34. The number of hydrogen-bond donors (Lipinski definition) is 1. The molecule has 234 valence electrons. The summed E-state index contributed by atoms with van der Waals surface area (Å²) in [6, 6.07) is 2.78. The molecule has 3 aliphatic rings. The number of fused-ring (bicyclic) bond motifs is 5. The molecule has 0 spiro atoms. The Bertz CT molecular complexity index is 1380. The van der Waals surface area contributed by atoms with E-state index in [-0.39, 0.29) is 42.6 Å². The SMILES string of the molecule is CC[C@@H]1[C@@H]2CN(C(=O)[C@H](C(C)(C)C)NC(=O)O[C@@H]3C[C@H]3COCCC(F)(F)c3nc4ccc(OC)cc4nc3O2)[C@@H]1C=O. The van der Waals surface area contributed by atoms with Gasteiger partial charge in [0.25, 0.3) is 5.92 Å². The number of ether oxygens (including phenoxy) is 4. The van der Waals surface area contributed by atoms with Crippen molar-refractivity contribution in [2.24, 2.45) is 17.3 Å². The third-order valence-electron chi connectivity index (χ3n) is 8.38. The molecule has 3 heterocycles. The summed E-state index contributed by atoms with van der Waals surface area (Å²) in [5, 5.41) is 2.70. The normalized spacial score (nSPS) is 29.7. The van der Waals surface area contributed by atoms with Crippen molar-refractivity contribution in [2.45, 2.75) is 77.2 Å². The largest absolute Gasteiger partial charge is 0.497 e. The molecular weight excluding hydrogens is 566 g/mol. The number of alkyl halides is 2. The van der Waals surface area contributed by atoms with Crippen LogP contribution >= 0.6 is 0 Å². The maximum absolute atomic E-state index is 15.8. The summed E-state index contributed by atoms with van der Waals surface area (Å²) in [5.74, 6) is -4.56. The van der Waals surface area contributed by atoms with E-state index in [0.29, 0.717) is 24.9 Å². The van der Waals surface area contributed by atoms with Crippen LogP contribution in [0.4, 0.5) is 13.6 Å². The number of aromatic nitrogens is 2. The first-order valence-corrected chi connectivity index (χ1v) is 14.6. The van der Waals surface area contributed by atoms with Crippen molar-refractivity contribution in [3.8, 4) is 11.6 Å². The number of nitrogens with one attached hydrogen (secondary N) is 1. The standard InChI is InChI=1S/C30H38F2N4O7/c1-6-18-21(14-37)36-13-23(18)42-26-24(33-19-8-7-17(40-5)12-20(19)34-26)30(31,32)9-10-41-15-16-11-22(16)43-28(39)35-25(27(36)38)29(2,3)4/h7-8,12,14,16,18,21-23,25H,6,9-11,13,15H2,1-5H3,(H,35,39)/t16-,18-,21+,22+,23-,25+/m0/s1. The molecule has 0 unspecified atom stereocenters. The van der Waals surface area contributed by atoms with Gasteiger partial charge in [-0.1, -0.05) is 27.7 Å². The molecule has 1 saturated heterocycles. The highest BCUT2D eigenvalue weighted by molar-refractivity contribution is 5.89. The molecule has 1 aromatic heterocycles. The van der Waals surface area contributed by atoms with Crippen LogP contribution in [0.1, 0.15) is 52.7 Å². The Balaban J connectivity index is 1.57. The van der Waals surface area contributed by atoms with Gasteiger partial charge in [-0.3, -0.25) is 4.79 Å². The van der Waals surface area contributed by atoms with E-state index < -0.39 is 65.7 Å². The second-order valence-electron chi connectivity index (χ2n) is 12.5. The molecule has 2 aliphatic heterocycles. The van der Waals surface area contributed by atoms with E-state index in [4.69, 9.17) is 18.9 Å². The molecule has 1 aromatic carbocycles. The van der Waals surface area contributed by atoms with Crippen molar-refractivity contribution >= 4 is 29.3 Å². The van der Waals surface area contributed by atoms with Crippen molar-refractivity contribution in [1.82, 2.24) is 20.2 Å². The number of amides is 2. The van der Waals surface area contributed by atoms with Crippen LogP contribution in [-0.2, 0) is 25.0 Å². The minimum atomic E-state index is -3.47. The molecular formula is C30H38F2N4O7. The van der Waals surface area contributed by atoms with Crippen molar-refractivity contribution in [2.75, 3.05) is 26.9 Å². The van der Waals surface area contributed by atoms with E-state index in [2.05, 4.69) is 15.3 Å². The van der Waals surface area contributed by atoms with Gasteiger partial charge in [0.15, 0.2) is 5.69 Å². The average Bonchev–Trinajstić information content (AvgIpc) is 3.59. The molecule has 5 rings (SSSR count). The Labute approximate surface area is 248 Å². The summed E-state index contributed by atoms with van der Waals surface area (Å²) in [6.07, 6.45) is -1.15. The van der Waals surface area contributed by atoms with Crippen LogP contribution in [0, 0.1) is 17.3 Å². The number of aldehydes is 1. The predicted molar refractivity (Wildman–Crippen MR) is 150 cm³/mol. The maximum Gasteiger partial charge on any atom is 0.408 e. The number of rotatable bonds is 3. The fourth-order valence-corrected chi connectivity index (χ4v) is 5.75. The van der Waals surface area contributed by atoms with Gasteiger partial charge in [0, 0.05) is 24.3 Å². The maximum atomic E-state index is 15.8. The average molecular weight is 605 g/mol. The van der Waals surface area contributed by atoms with E-state index in [0.717, 1.165) is 0 Å². The van der Waals surface area contributed by atoms with Crippen LogP contribution in [0.25, 0.3) is 11.0 Å². The summed E-state index contributed by atoms with van der Waals surface area (Å²) in [6.45, 7) is 6.99. The number of halogens is 2. The Morgan fingerprint density at radius 2 is 1.93 bits per heavy atom. The van der Waals surface area contributed by atoms with E-state index in [1.54, 1.807) is 39.0 Å². The number of carbonyl (C=O) groups is 3. The van der Waals surface area contributed by atoms with Crippen LogP contribution in [0.15, 0.2) is 18.2 Å². The lowest BCUT2D eigenvalue weighted by atomic mass is 9.85. The van der Waals surface area contributed by atoms with Crippen molar-refractivity contribution in [3.63, 3.8) is 0 Å². The van der Waals surface area contributed by atoms with Gasteiger partial charge < -0.3 is 34.0 Å².